The molecule has 0 saturated carbocycles. The number of hydrogen-bond donors (Lipinski definition) is 3. The number of halogens is 4. The number of carbonyl (C=O) groups excluding carboxylic acids is 1. The van der Waals surface area contributed by atoms with Crippen molar-refractivity contribution in [2.24, 2.45) is 0 Å². The molecule has 0 aliphatic heterocycles. The molecule has 41 heavy (non-hydrogen) atoms. The first-order valence-electron chi connectivity index (χ1n) is 13.0. The van der Waals surface area contributed by atoms with Crippen LogP contribution in [0.15, 0.2) is 77.7 Å². The van der Waals surface area contributed by atoms with Crippen LogP contribution in [-0.4, -0.2) is 51.6 Å². The van der Waals surface area contributed by atoms with E-state index in [1.807, 2.05) is 31.2 Å². The molecule has 3 aromatic carbocycles. The summed E-state index contributed by atoms with van der Waals surface area (Å²) < 4.78 is 80.6. The Morgan fingerprint density at radius 2 is 1.37 bits per heavy atom. The molecule has 0 bridgehead atoms. The SMILES string of the molecule is Cc1ccc(NCCNC(=O)[C@H](CC(C)(C)F)N[C@@H](c2ccc(-c3ccc(S(C)(=O)=O)cc3)cc2)C(F)(F)F)cc1. The van der Waals surface area contributed by atoms with Crippen LogP contribution in [0.5, 0.6) is 0 Å². The van der Waals surface area contributed by atoms with Crippen molar-refractivity contribution in [3.63, 3.8) is 0 Å². The molecular formula is C30H35F4N3O3S. The van der Waals surface area contributed by atoms with Gasteiger partial charge in [0, 0.05) is 31.5 Å². The van der Waals surface area contributed by atoms with Crippen LogP contribution in [0.2, 0.25) is 0 Å². The molecule has 0 aromatic heterocycles. The summed E-state index contributed by atoms with van der Waals surface area (Å²) in [7, 11) is -3.39. The van der Waals surface area contributed by atoms with Crippen LogP contribution in [0.3, 0.4) is 0 Å². The van der Waals surface area contributed by atoms with E-state index in [9.17, 15) is 30.8 Å². The first kappa shape index (κ1) is 32.1. The Morgan fingerprint density at radius 1 is 0.829 bits per heavy atom. The average molecular weight is 594 g/mol. The zero-order chi connectivity index (χ0) is 30.4. The van der Waals surface area contributed by atoms with E-state index in [1.54, 1.807) is 12.1 Å². The van der Waals surface area contributed by atoms with E-state index in [0.717, 1.165) is 17.5 Å². The van der Waals surface area contributed by atoms with Crippen molar-refractivity contribution in [3.05, 3.63) is 83.9 Å². The van der Waals surface area contributed by atoms with Crippen LogP contribution in [-0.2, 0) is 14.6 Å². The van der Waals surface area contributed by atoms with Gasteiger partial charge in [-0.05, 0) is 61.7 Å². The minimum Gasteiger partial charge on any atom is -0.383 e. The topological polar surface area (TPSA) is 87.3 Å². The Labute approximate surface area is 238 Å². The number of anilines is 1. The molecule has 0 saturated heterocycles. The Bertz CT molecular complexity index is 1400. The number of sulfone groups is 1. The second-order valence-corrected chi connectivity index (χ2v) is 12.6. The van der Waals surface area contributed by atoms with E-state index >= 15 is 0 Å². The lowest BCUT2D eigenvalue weighted by atomic mass is 9.96. The zero-order valence-electron chi connectivity index (χ0n) is 23.3. The van der Waals surface area contributed by atoms with E-state index in [-0.39, 0.29) is 17.0 Å². The zero-order valence-corrected chi connectivity index (χ0v) is 24.2. The summed E-state index contributed by atoms with van der Waals surface area (Å²) in [5.41, 5.74) is 1.06. The fourth-order valence-electron chi connectivity index (χ4n) is 4.24. The lowest BCUT2D eigenvalue weighted by molar-refractivity contribution is -0.161. The molecule has 0 fully saturated rings. The summed E-state index contributed by atoms with van der Waals surface area (Å²) >= 11 is 0. The summed E-state index contributed by atoms with van der Waals surface area (Å²) in [4.78, 5) is 13.1. The monoisotopic (exact) mass is 593 g/mol. The van der Waals surface area contributed by atoms with Crippen LogP contribution in [0.4, 0.5) is 23.2 Å². The standard InChI is InChI=1S/C30H35F4N3O3S/c1-20-5-13-24(14-6-20)35-17-18-36-28(38)26(19-29(2,3)31)37-27(30(32,33)34)23-9-7-21(8-10-23)22-11-15-25(16-12-22)41(4,39)40/h5-16,26-27,35,37H,17-19H2,1-4H3,(H,36,38)/t26-,27-/m0/s1. The van der Waals surface area contributed by atoms with Crippen LogP contribution in [0.25, 0.3) is 11.1 Å². The van der Waals surface area contributed by atoms with Gasteiger partial charge in [-0.3, -0.25) is 10.1 Å². The quantitative estimate of drug-likeness (QED) is 0.177. The van der Waals surface area contributed by atoms with E-state index < -0.39 is 46.1 Å². The average Bonchev–Trinajstić information content (AvgIpc) is 2.88. The molecule has 0 heterocycles. The smallest absolute Gasteiger partial charge is 0.383 e. The van der Waals surface area contributed by atoms with Gasteiger partial charge >= 0.3 is 6.18 Å². The van der Waals surface area contributed by atoms with Gasteiger partial charge in [-0.1, -0.05) is 54.1 Å². The molecule has 0 unspecified atom stereocenters. The van der Waals surface area contributed by atoms with Crippen molar-refractivity contribution >= 4 is 21.4 Å². The molecule has 222 valence electrons. The Morgan fingerprint density at radius 3 is 1.85 bits per heavy atom. The molecule has 0 radical (unpaired) electrons. The largest absolute Gasteiger partial charge is 0.407 e. The molecule has 3 rings (SSSR count). The summed E-state index contributed by atoms with van der Waals surface area (Å²) in [6.07, 6.45) is -4.16. The lowest BCUT2D eigenvalue weighted by Crippen LogP contribution is -2.51. The highest BCUT2D eigenvalue weighted by Gasteiger charge is 2.43. The number of carbonyl (C=O) groups is 1. The van der Waals surface area contributed by atoms with Gasteiger partial charge in [0.1, 0.15) is 11.7 Å². The minimum absolute atomic E-state index is 0.126. The van der Waals surface area contributed by atoms with E-state index in [4.69, 9.17) is 0 Å². The van der Waals surface area contributed by atoms with E-state index in [1.165, 1.54) is 50.2 Å². The Balaban J connectivity index is 1.74. The lowest BCUT2D eigenvalue weighted by Gasteiger charge is -2.30. The molecule has 0 aliphatic carbocycles. The van der Waals surface area contributed by atoms with Crippen LogP contribution >= 0.6 is 0 Å². The molecular weight excluding hydrogens is 558 g/mol. The van der Waals surface area contributed by atoms with Crippen LogP contribution in [0.1, 0.15) is 37.4 Å². The fourth-order valence-corrected chi connectivity index (χ4v) is 4.87. The first-order chi connectivity index (χ1) is 19.0. The Hall–Kier alpha value is -3.44. The predicted molar refractivity (Wildman–Crippen MR) is 153 cm³/mol. The normalized spacial score (nSPS) is 13.9. The molecule has 2 atom stereocenters. The van der Waals surface area contributed by atoms with Gasteiger partial charge in [-0.15, -0.1) is 0 Å². The number of amides is 1. The molecule has 11 heteroatoms. The number of hydrogen-bond acceptors (Lipinski definition) is 5. The number of benzene rings is 3. The third kappa shape index (κ3) is 9.86. The molecule has 0 spiro atoms. The predicted octanol–water partition coefficient (Wildman–Crippen LogP) is 5.99. The molecule has 1 amide bonds. The van der Waals surface area contributed by atoms with Gasteiger partial charge in [-0.25, -0.2) is 12.8 Å². The maximum absolute atomic E-state index is 14.6. The fraction of sp³-hybridized carbons (Fsp3) is 0.367. The van der Waals surface area contributed by atoms with Crippen molar-refractivity contribution in [1.29, 1.82) is 0 Å². The van der Waals surface area contributed by atoms with Crippen molar-refractivity contribution in [2.45, 2.75) is 56.0 Å². The van der Waals surface area contributed by atoms with Gasteiger partial charge in [0.05, 0.1) is 10.9 Å². The van der Waals surface area contributed by atoms with Gasteiger partial charge < -0.3 is 10.6 Å². The molecule has 0 aliphatic rings. The molecule has 3 aromatic rings. The van der Waals surface area contributed by atoms with E-state index in [0.29, 0.717) is 17.7 Å². The number of alkyl halides is 4. The Kier molecular flexibility index (Phi) is 10.2. The van der Waals surface area contributed by atoms with E-state index in [2.05, 4.69) is 16.0 Å². The van der Waals surface area contributed by atoms with Crippen LogP contribution in [0, 0.1) is 6.92 Å². The molecule has 3 N–H and O–H groups in total. The second kappa shape index (κ2) is 13.0. The maximum Gasteiger partial charge on any atom is 0.407 e. The summed E-state index contributed by atoms with van der Waals surface area (Å²) in [5.74, 6) is -0.738. The summed E-state index contributed by atoms with van der Waals surface area (Å²) in [5, 5.41) is 8.07. The van der Waals surface area contributed by atoms with Crippen molar-refractivity contribution in [2.75, 3.05) is 24.7 Å². The van der Waals surface area contributed by atoms with Gasteiger partial charge in [0.15, 0.2) is 9.84 Å². The van der Waals surface area contributed by atoms with Crippen molar-refractivity contribution in [1.82, 2.24) is 10.6 Å². The third-order valence-electron chi connectivity index (χ3n) is 6.37. The highest BCUT2D eigenvalue weighted by Crippen LogP contribution is 2.35. The maximum atomic E-state index is 14.6. The van der Waals surface area contributed by atoms with Crippen molar-refractivity contribution in [3.8, 4) is 11.1 Å². The highest BCUT2D eigenvalue weighted by atomic mass is 32.2. The van der Waals surface area contributed by atoms with Gasteiger partial charge in [0.2, 0.25) is 5.91 Å². The molecule has 6 nitrogen and oxygen atoms in total. The van der Waals surface area contributed by atoms with Crippen LogP contribution < -0.4 is 16.0 Å². The van der Waals surface area contributed by atoms with Gasteiger partial charge in [0.25, 0.3) is 0 Å². The second-order valence-electron chi connectivity index (χ2n) is 10.6. The van der Waals surface area contributed by atoms with Crippen molar-refractivity contribution < 1.29 is 30.8 Å². The highest BCUT2D eigenvalue weighted by molar-refractivity contribution is 7.90. The van der Waals surface area contributed by atoms with Gasteiger partial charge in [-0.2, -0.15) is 13.2 Å². The minimum atomic E-state index is -4.77. The number of aryl methyl sites for hydroxylation is 1. The first-order valence-corrected chi connectivity index (χ1v) is 14.9. The summed E-state index contributed by atoms with van der Waals surface area (Å²) in [6.45, 7) is 4.82. The third-order valence-corrected chi connectivity index (χ3v) is 7.49. The number of nitrogens with one attached hydrogen (secondary N) is 3. The summed E-state index contributed by atoms with van der Waals surface area (Å²) in [6, 6.07) is 15.4. The number of rotatable bonds is 12.